The molecule has 0 spiro atoms. The number of likely N-dealkylation sites (tertiary alicyclic amines) is 1. The predicted molar refractivity (Wildman–Crippen MR) is 73.0 cm³/mol. The third-order valence-corrected chi connectivity index (χ3v) is 3.64. The van der Waals surface area contributed by atoms with Gasteiger partial charge in [0.1, 0.15) is 0 Å². The molecule has 2 unspecified atom stereocenters. The number of hydrogen-bond donors (Lipinski definition) is 1. The fourth-order valence-corrected chi connectivity index (χ4v) is 2.59. The van der Waals surface area contributed by atoms with Crippen LogP contribution in [-0.4, -0.2) is 31.6 Å². The minimum atomic E-state index is 0.169. The van der Waals surface area contributed by atoms with Gasteiger partial charge in [-0.1, -0.05) is 30.3 Å². The van der Waals surface area contributed by atoms with Crippen LogP contribution in [-0.2, 0) is 0 Å². The van der Waals surface area contributed by atoms with Crippen LogP contribution < -0.4 is 5.32 Å². The van der Waals surface area contributed by atoms with Crippen molar-refractivity contribution in [1.29, 1.82) is 5.26 Å². The SMILES string of the molecule is CN1CCC(CNC(CC#N)c2ccccc2)C1. The van der Waals surface area contributed by atoms with Gasteiger partial charge >= 0.3 is 0 Å². The molecule has 1 aromatic carbocycles. The average molecular weight is 243 g/mol. The van der Waals surface area contributed by atoms with Crippen molar-refractivity contribution in [2.45, 2.75) is 18.9 Å². The van der Waals surface area contributed by atoms with E-state index in [0.29, 0.717) is 6.42 Å². The van der Waals surface area contributed by atoms with Crippen molar-refractivity contribution in [2.24, 2.45) is 5.92 Å². The summed E-state index contributed by atoms with van der Waals surface area (Å²) in [6, 6.07) is 12.7. The highest BCUT2D eigenvalue weighted by Gasteiger charge is 2.20. The Morgan fingerprint density at radius 3 is 2.83 bits per heavy atom. The van der Waals surface area contributed by atoms with E-state index < -0.39 is 0 Å². The van der Waals surface area contributed by atoms with Gasteiger partial charge in [-0.2, -0.15) is 5.26 Å². The maximum Gasteiger partial charge on any atom is 0.0641 e. The predicted octanol–water partition coefficient (Wildman–Crippen LogP) is 2.18. The van der Waals surface area contributed by atoms with E-state index in [1.807, 2.05) is 18.2 Å². The van der Waals surface area contributed by atoms with Crippen molar-refractivity contribution in [3.63, 3.8) is 0 Å². The van der Waals surface area contributed by atoms with E-state index >= 15 is 0 Å². The van der Waals surface area contributed by atoms with Gasteiger partial charge in [-0.3, -0.25) is 0 Å². The molecule has 1 aromatic rings. The number of nitrogens with zero attached hydrogens (tertiary/aromatic N) is 2. The number of nitriles is 1. The Kier molecular flexibility index (Phi) is 4.74. The van der Waals surface area contributed by atoms with E-state index in [0.717, 1.165) is 12.5 Å². The summed E-state index contributed by atoms with van der Waals surface area (Å²) in [5.74, 6) is 0.722. The standard InChI is InChI=1S/C15H21N3/c1-18-10-8-13(12-18)11-17-15(7-9-16)14-5-3-2-4-6-14/h2-6,13,15,17H,7-8,10-12H2,1H3. The number of benzene rings is 1. The minimum absolute atomic E-state index is 0.169. The topological polar surface area (TPSA) is 39.1 Å². The summed E-state index contributed by atoms with van der Waals surface area (Å²) in [6.45, 7) is 3.37. The molecule has 2 rings (SSSR count). The Morgan fingerprint density at radius 1 is 1.44 bits per heavy atom. The van der Waals surface area contributed by atoms with Gasteiger partial charge in [-0.15, -0.1) is 0 Å². The zero-order valence-electron chi connectivity index (χ0n) is 11.0. The van der Waals surface area contributed by atoms with Crippen molar-refractivity contribution in [2.75, 3.05) is 26.7 Å². The first-order chi connectivity index (χ1) is 8.79. The number of hydrogen-bond acceptors (Lipinski definition) is 3. The summed E-state index contributed by atoms with van der Waals surface area (Å²) in [5, 5.41) is 12.5. The Hall–Kier alpha value is -1.37. The summed E-state index contributed by atoms with van der Waals surface area (Å²) < 4.78 is 0. The Bertz CT molecular complexity index is 396. The molecule has 3 nitrogen and oxygen atoms in total. The molecule has 1 aliphatic rings. The van der Waals surface area contributed by atoms with Gasteiger partial charge in [0.25, 0.3) is 0 Å². The molecule has 1 fully saturated rings. The molecule has 1 heterocycles. The maximum atomic E-state index is 8.93. The monoisotopic (exact) mass is 243 g/mol. The van der Waals surface area contributed by atoms with Crippen LogP contribution in [0.3, 0.4) is 0 Å². The summed E-state index contributed by atoms with van der Waals surface area (Å²) in [7, 11) is 2.17. The summed E-state index contributed by atoms with van der Waals surface area (Å²) >= 11 is 0. The molecule has 3 heteroatoms. The van der Waals surface area contributed by atoms with Gasteiger partial charge in [0.15, 0.2) is 0 Å². The van der Waals surface area contributed by atoms with Crippen molar-refractivity contribution < 1.29 is 0 Å². The van der Waals surface area contributed by atoms with Crippen LogP contribution in [0.2, 0.25) is 0 Å². The first kappa shape index (κ1) is 13.1. The van der Waals surface area contributed by atoms with E-state index in [9.17, 15) is 0 Å². The van der Waals surface area contributed by atoms with E-state index in [-0.39, 0.29) is 6.04 Å². The third kappa shape index (κ3) is 3.56. The molecular formula is C15H21N3. The molecule has 0 aromatic heterocycles. The zero-order valence-corrected chi connectivity index (χ0v) is 11.0. The third-order valence-electron chi connectivity index (χ3n) is 3.64. The lowest BCUT2D eigenvalue weighted by molar-refractivity contribution is 0.379. The molecule has 96 valence electrons. The van der Waals surface area contributed by atoms with Crippen LogP contribution in [0.1, 0.15) is 24.4 Å². The normalized spacial score (nSPS) is 21.7. The quantitative estimate of drug-likeness (QED) is 0.861. The average Bonchev–Trinajstić information content (AvgIpc) is 2.81. The molecule has 18 heavy (non-hydrogen) atoms. The smallest absolute Gasteiger partial charge is 0.0641 e. The minimum Gasteiger partial charge on any atom is -0.309 e. The highest BCUT2D eigenvalue weighted by atomic mass is 15.1. The van der Waals surface area contributed by atoms with Crippen molar-refractivity contribution in [3.8, 4) is 6.07 Å². The van der Waals surface area contributed by atoms with Crippen molar-refractivity contribution in [1.82, 2.24) is 10.2 Å². The lowest BCUT2D eigenvalue weighted by atomic mass is 10.0. The summed E-state index contributed by atoms with van der Waals surface area (Å²) in [5.41, 5.74) is 1.21. The van der Waals surface area contributed by atoms with E-state index in [1.54, 1.807) is 0 Å². The second-order valence-corrected chi connectivity index (χ2v) is 5.15. The van der Waals surface area contributed by atoms with Crippen LogP contribution in [0.5, 0.6) is 0 Å². The van der Waals surface area contributed by atoms with Gasteiger partial charge in [-0.05, 0) is 38.0 Å². The first-order valence-electron chi connectivity index (χ1n) is 6.63. The van der Waals surface area contributed by atoms with Crippen LogP contribution in [0, 0.1) is 17.2 Å². The first-order valence-corrected chi connectivity index (χ1v) is 6.63. The largest absolute Gasteiger partial charge is 0.309 e. The Morgan fingerprint density at radius 2 is 2.22 bits per heavy atom. The highest BCUT2D eigenvalue weighted by Crippen LogP contribution is 2.18. The van der Waals surface area contributed by atoms with Gasteiger partial charge < -0.3 is 10.2 Å². The lowest BCUT2D eigenvalue weighted by Gasteiger charge is -2.19. The summed E-state index contributed by atoms with van der Waals surface area (Å²) in [4.78, 5) is 2.37. The molecule has 0 amide bonds. The summed E-state index contributed by atoms with van der Waals surface area (Å²) in [6.07, 6.45) is 1.80. The van der Waals surface area contributed by atoms with E-state index in [2.05, 4.69) is 35.5 Å². The van der Waals surface area contributed by atoms with Crippen LogP contribution in [0.15, 0.2) is 30.3 Å². The number of nitrogens with one attached hydrogen (secondary N) is 1. The van der Waals surface area contributed by atoms with Gasteiger partial charge in [0.2, 0.25) is 0 Å². The zero-order chi connectivity index (χ0) is 12.8. The molecule has 0 aliphatic carbocycles. The maximum absolute atomic E-state index is 8.93. The van der Waals surface area contributed by atoms with Gasteiger partial charge in [-0.25, -0.2) is 0 Å². The van der Waals surface area contributed by atoms with E-state index in [1.165, 1.54) is 25.1 Å². The molecule has 0 saturated carbocycles. The Balaban J connectivity index is 1.89. The van der Waals surface area contributed by atoms with Crippen LogP contribution in [0.4, 0.5) is 0 Å². The molecule has 0 bridgehead atoms. The van der Waals surface area contributed by atoms with Crippen molar-refractivity contribution >= 4 is 0 Å². The molecular weight excluding hydrogens is 222 g/mol. The van der Waals surface area contributed by atoms with Gasteiger partial charge in [0, 0.05) is 12.6 Å². The molecule has 0 radical (unpaired) electrons. The fraction of sp³-hybridized carbons (Fsp3) is 0.533. The molecule has 2 atom stereocenters. The molecule has 1 saturated heterocycles. The highest BCUT2D eigenvalue weighted by molar-refractivity contribution is 5.19. The molecule has 1 N–H and O–H groups in total. The lowest BCUT2D eigenvalue weighted by Crippen LogP contribution is -2.28. The second kappa shape index (κ2) is 6.53. The molecule has 1 aliphatic heterocycles. The van der Waals surface area contributed by atoms with Crippen LogP contribution >= 0.6 is 0 Å². The second-order valence-electron chi connectivity index (χ2n) is 5.15. The van der Waals surface area contributed by atoms with Crippen LogP contribution in [0.25, 0.3) is 0 Å². The van der Waals surface area contributed by atoms with E-state index in [4.69, 9.17) is 5.26 Å². The van der Waals surface area contributed by atoms with Crippen molar-refractivity contribution in [3.05, 3.63) is 35.9 Å². The Labute approximate surface area is 109 Å². The number of rotatable bonds is 5. The van der Waals surface area contributed by atoms with Gasteiger partial charge in [0.05, 0.1) is 12.5 Å². The fourth-order valence-electron chi connectivity index (χ4n) is 2.59.